The van der Waals surface area contributed by atoms with E-state index in [1.807, 2.05) is 0 Å². The van der Waals surface area contributed by atoms with Crippen molar-refractivity contribution in [3.8, 4) is 0 Å². The second-order valence-corrected chi connectivity index (χ2v) is 4.26. The van der Waals surface area contributed by atoms with Crippen LogP contribution in [-0.2, 0) is 29.2 Å². The summed E-state index contributed by atoms with van der Waals surface area (Å²) in [6.07, 6.45) is -9.94. The molecule has 0 aliphatic carbocycles. The molecule has 10 heteroatoms. The van der Waals surface area contributed by atoms with Gasteiger partial charge in [-0.05, 0) is 23.8 Å². The van der Waals surface area contributed by atoms with Gasteiger partial charge in [0.05, 0.1) is 11.1 Å². The fourth-order valence-electron chi connectivity index (χ4n) is 1.24. The van der Waals surface area contributed by atoms with Crippen LogP contribution in [0.1, 0.15) is 16.7 Å². The van der Waals surface area contributed by atoms with Crippen LogP contribution in [0, 0.1) is 0 Å². The van der Waals surface area contributed by atoms with Crippen LogP contribution in [0.3, 0.4) is 0 Å². The fraction of sp³-hybridized carbons (Fsp3) is 0.333. The topological polar surface area (TPSA) is 40.1 Å². The SMILES string of the molecule is O=S([O-])Cc1cc(C(F)(F)F)cc(C(F)(F)F)c1.[Na+]. The molecule has 0 amide bonds. The Morgan fingerprint density at radius 3 is 1.58 bits per heavy atom. The summed E-state index contributed by atoms with van der Waals surface area (Å²) in [4.78, 5) is 0. The summed E-state index contributed by atoms with van der Waals surface area (Å²) >= 11 is -2.77. The van der Waals surface area contributed by atoms with E-state index in [1.165, 1.54) is 0 Å². The van der Waals surface area contributed by atoms with Gasteiger partial charge in [-0.3, -0.25) is 4.21 Å². The first kappa shape index (κ1) is 18.9. The molecule has 2 nitrogen and oxygen atoms in total. The minimum Gasteiger partial charge on any atom is -0.772 e. The van der Waals surface area contributed by atoms with E-state index in [1.54, 1.807) is 0 Å². The third-order valence-corrected chi connectivity index (χ3v) is 2.50. The van der Waals surface area contributed by atoms with E-state index in [-0.39, 0.29) is 35.6 Å². The Bertz CT molecular complexity index is 439. The summed E-state index contributed by atoms with van der Waals surface area (Å²) < 4.78 is 94.8. The van der Waals surface area contributed by atoms with Gasteiger partial charge in [-0.15, -0.1) is 0 Å². The summed E-state index contributed by atoms with van der Waals surface area (Å²) in [5, 5.41) is 0. The van der Waals surface area contributed by atoms with Gasteiger partial charge < -0.3 is 4.55 Å². The van der Waals surface area contributed by atoms with E-state index in [9.17, 15) is 35.1 Å². The van der Waals surface area contributed by atoms with Crippen LogP contribution in [0.2, 0.25) is 0 Å². The maximum atomic E-state index is 12.4. The van der Waals surface area contributed by atoms with Gasteiger partial charge in [-0.25, -0.2) is 0 Å². The Labute approximate surface area is 128 Å². The molecular weight excluding hydrogens is 309 g/mol. The summed E-state index contributed by atoms with van der Waals surface area (Å²) in [6, 6.07) is 0.702. The molecule has 0 aliphatic rings. The molecule has 0 aromatic heterocycles. The molecular formula is C9H5F6NaO2S. The second-order valence-electron chi connectivity index (χ2n) is 3.36. The first-order valence-corrected chi connectivity index (χ1v) is 5.59. The van der Waals surface area contributed by atoms with E-state index in [2.05, 4.69) is 0 Å². The van der Waals surface area contributed by atoms with Gasteiger partial charge in [0.2, 0.25) is 0 Å². The molecule has 0 bridgehead atoms. The predicted octanol–water partition coefficient (Wildman–Crippen LogP) is 0.107. The van der Waals surface area contributed by atoms with Gasteiger partial charge in [0, 0.05) is 5.75 Å². The zero-order chi connectivity index (χ0) is 14.1. The minimum atomic E-state index is -4.97. The van der Waals surface area contributed by atoms with Crippen molar-refractivity contribution in [1.29, 1.82) is 0 Å². The van der Waals surface area contributed by atoms with Gasteiger partial charge in [0.25, 0.3) is 0 Å². The molecule has 1 aromatic carbocycles. The van der Waals surface area contributed by atoms with Crippen LogP contribution in [0.25, 0.3) is 0 Å². The van der Waals surface area contributed by atoms with Crippen LogP contribution in [0.5, 0.6) is 0 Å². The van der Waals surface area contributed by atoms with Crippen LogP contribution < -0.4 is 29.6 Å². The van der Waals surface area contributed by atoms with E-state index in [0.717, 1.165) is 0 Å². The molecule has 0 N–H and O–H groups in total. The average molecular weight is 314 g/mol. The number of halogens is 6. The Kier molecular flexibility index (Phi) is 6.54. The monoisotopic (exact) mass is 314 g/mol. The number of benzene rings is 1. The molecule has 1 aromatic rings. The first-order chi connectivity index (χ1) is 8.00. The smallest absolute Gasteiger partial charge is 0.772 e. The van der Waals surface area contributed by atoms with Gasteiger partial charge >= 0.3 is 41.9 Å². The van der Waals surface area contributed by atoms with Crippen molar-refractivity contribution in [2.75, 3.05) is 0 Å². The van der Waals surface area contributed by atoms with E-state index in [0.29, 0.717) is 12.1 Å². The van der Waals surface area contributed by atoms with E-state index in [4.69, 9.17) is 0 Å². The summed E-state index contributed by atoms with van der Waals surface area (Å²) in [7, 11) is 0. The van der Waals surface area contributed by atoms with Crippen molar-refractivity contribution in [3.63, 3.8) is 0 Å². The number of hydrogen-bond donors (Lipinski definition) is 0. The van der Waals surface area contributed by atoms with Crippen molar-refractivity contribution in [3.05, 3.63) is 34.9 Å². The molecule has 0 saturated carbocycles. The van der Waals surface area contributed by atoms with Crippen molar-refractivity contribution in [2.45, 2.75) is 18.1 Å². The largest absolute Gasteiger partial charge is 1.00 e. The third kappa shape index (κ3) is 5.82. The van der Waals surface area contributed by atoms with Crippen molar-refractivity contribution >= 4 is 11.1 Å². The quantitative estimate of drug-likeness (QED) is 0.442. The second kappa shape index (κ2) is 6.57. The first-order valence-electron chi connectivity index (χ1n) is 4.34. The van der Waals surface area contributed by atoms with Gasteiger partial charge in [0.1, 0.15) is 0 Å². The van der Waals surface area contributed by atoms with Crippen molar-refractivity contribution < 1.29 is 64.7 Å². The fourth-order valence-corrected chi connectivity index (χ4v) is 1.68. The van der Waals surface area contributed by atoms with Gasteiger partial charge in [0.15, 0.2) is 0 Å². The molecule has 1 atom stereocenters. The Balaban J connectivity index is 0.00000324. The maximum absolute atomic E-state index is 12.4. The predicted molar refractivity (Wildman–Crippen MR) is 49.1 cm³/mol. The van der Waals surface area contributed by atoms with Gasteiger partial charge in [-0.2, -0.15) is 26.3 Å². The molecule has 1 rings (SSSR count). The normalized spacial score (nSPS) is 13.8. The molecule has 0 aliphatic heterocycles. The molecule has 0 radical (unpaired) electrons. The maximum Gasteiger partial charge on any atom is 1.00 e. The number of hydrogen-bond acceptors (Lipinski definition) is 2. The van der Waals surface area contributed by atoms with E-state index >= 15 is 0 Å². The van der Waals surface area contributed by atoms with Crippen LogP contribution in [-0.4, -0.2) is 8.76 Å². The summed E-state index contributed by atoms with van der Waals surface area (Å²) in [6.45, 7) is 0. The Hall–Kier alpha value is -0.0900. The van der Waals surface area contributed by atoms with Crippen molar-refractivity contribution in [2.24, 2.45) is 0 Å². The molecule has 19 heavy (non-hydrogen) atoms. The van der Waals surface area contributed by atoms with E-state index < -0.39 is 45.9 Å². The molecule has 0 heterocycles. The number of alkyl halides is 6. The van der Waals surface area contributed by atoms with Gasteiger partial charge in [-0.1, -0.05) is 11.1 Å². The number of rotatable bonds is 2. The average Bonchev–Trinajstić information content (AvgIpc) is 2.13. The third-order valence-electron chi connectivity index (χ3n) is 1.93. The molecule has 1 unspecified atom stereocenters. The van der Waals surface area contributed by atoms with Crippen molar-refractivity contribution in [1.82, 2.24) is 0 Å². The summed E-state index contributed by atoms with van der Waals surface area (Å²) in [5.74, 6) is -0.910. The Morgan fingerprint density at radius 1 is 0.947 bits per heavy atom. The molecule has 102 valence electrons. The molecule has 0 fully saturated rings. The van der Waals surface area contributed by atoms with Crippen LogP contribution in [0.4, 0.5) is 26.3 Å². The van der Waals surface area contributed by atoms with Crippen LogP contribution in [0.15, 0.2) is 18.2 Å². The molecule has 0 saturated heterocycles. The summed E-state index contributed by atoms with van der Waals surface area (Å²) in [5.41, 5.74) is -3.62. The molecule has 0 spiro atoms. The van der Waals surface area contributed by atoms with Crippen LogP contribution >= 0.6 is 0 Å². The minimum absolute atomic E-state index is 0. The zero-order valence-electron chi connectivity index (χ0n) is 9.43. The standard InChI is InChI=1S/C9H6F6O2S.Na/c10-8(11,12)6-1-5(4-18(16)17)2-7(3-6)9(13,14)15;/h1-3H,4H2,(H,16,17);/q;+1/p-1. The zero-order valence-corrected chi connectivity index (χ0v) is 12.2. The Morgan fingerprint density at radius 2 is 1.32 bits per heavy atom.